The molecule has 0 N–H and O–H groups in total. The summed E-state index contributed by atoms with van der Waals surface area (Å²) in [6.45, 7) is 3.90. The van der Waals surface area contributed by atoms with Crippen molar-refractivity contribution < 1.29 is 38.1 Å². The Morgan fingerprint density at radius 1 is 1.00 bits per heavy atom. The Hall–Kier alpha value is -2.45. The van der Waals surface area contributed by atoms with Gasteiger partial charge in [0.1, 0.15) is 18.8 Å². The first-order valence-corrected chi connectivity index (χ1v) is 8.64. The van der Waals surface area contributed by atoms with Crippen molar-refractivity contribution in [3.8, 4) is 0 Å². The fourth-order valence-corrected chi connectivity index (χ4v) is 2.77. The summed E-state index contributed by atoms with van der Waals surface area (Å²) in [4.78, 5) is 34.1. The molecule has 8 nitrogen and oxygen atoms in total. The van der Waals surface area contributed by atoms with Gasteiger partial charge in [0.15, 0.2) is 12.4 Å². The molecule has 1 aliphatic heterocycles. The fourth-order valence-electron chi connectivity index (χ4n) is 2.77. The Balaban J connectivity index is 2.10. The van der Waals surface area contributed by atoms with Crippen molar-refractivity contribution in [1.82, 2.24) is 0 Å². The van der Waals surface area contributed by atoms with Crippen LogP contribution in [0.25, 0.3) is 0 Å². The topological polar surface area (TPSA) is 97.4 Å². The van der Waals surface area contributed by atoms with Crippen LogP contribution in [0.15, 0.2) is 30.3 Å². The number of hydrogen-bond acceptors (Lipinski definition) is 8. The van der Waals surface area contributed by atoms with Crippen LogP contribution >= 0.6 is 0 Å². The largest absolute Gasteiger partial charge is 0.463 e. The zero-order valence-corrected chi connectivity index (χ0v) is 15.6. The van der Waals surface area contributed by atoms with E-state index in [0.717, 1.165) is 5.56 Å². The third-order valence-corrected chi connectivity index (χ3v) is 3.83. The molecular weight excluding hydrogens is 356 g/mol. The van der Waals surface area contributed by atoms with Gasteiger partial charge in [-0.05, 0) is 5.56 Å². The Labute approximate surface area is 157 Å². The van der Waals surface area contributed by atoms with E-state index in [0.29, 0.717) is 0 Å². The van der Waals surface area contributed by atoms with Crippen molar-refractivity contribution in [1.29, 1.82) is 0 Å². The maximum absolute atomic E-state index is 11.5. The van der Waals surface area contributed by atoms with Crippen LogP contribution in [0.5, 0.6) is 0 Å². The van der Waals surface area contributed by atoms with Crippen molar-refractivity contribution in [2.45, 2.75) is 58.4 Å². The summed E-state index contributed by atoms with van der Waals surface area (Å²) in [6, 6.07) is 9.50. The summed E-state index contributed by atoms with van der Waals surface area (Å²) in [6.07, 6.45) is -3.04. The van der Waals surface area contributed by atoms with Crippen LogP contribution in [-0.4, -0.2) is 49.1 Å². The smallest absolute Gasteiger partial charge is 0.303 e. The van der Waals surface area contributed by atoms with E-state index in [1.54, 1.807) is 0 Å². The van der Waals surface area contributed by atoms with Crippen LogP contribution in [0.3, 0.4) is 0 Å². The lowest BCUT2D eigenvalue weighted by Gasteiger charge is -2.39. The third kappa shape index (κ3) is 6.99. The summed E-state index contributed by atoms with van der Waals surface area (Å²) < 4.78 is 27.2. The van der Waals surface area contributed by atoms with E-state index >= 15 is 0 Å². The Morgan fingerprint density at radius 3 is 2.26 bits per heavy atom. The summed E-state index contributed by atoms with van der Waals surface area (Å²) in [5, 5.41) is 0. The number of rotatable bonds is 7. The number of hydrogen-bond donors (Lipinski definition) is 0. The van der Waals surface area contributed by atoms with Gasteiger partial charge in [-0.2, -0.15) is 0 Å². The Bertz CT molecular complexity index is 644. The molecule has 0 saturated carbocycles. The van der Waals surface area contributed by atoms with E-state index in [9.17, 15) is 14.4 Å². The van der Waals surface area contributed by atoms with Crippen molar-refractivity contribution >= 4 is 17.9 Å². The van der Waals surface area contributed by atoms with E-state index < -0.39 is 42.5 Å². The van der Waals surface area contributed by atoms with Crippen LogP contribution < -0.4 is 0 Å². The number of esters is 3. The van der Waals surface area contributed by atoms with Crippen LogP contribution in [0.1, 0.15) is 32.8 Å². The van der Waals surface area contributed by atoms with Gasteiger partial charge < -0.3 is 23.7 Å². The highest BCUT2D eigenvalue weighted by Gasteiger charge is 2.44. The van der Waals surface area contributed by atoms with Gasteiger partial charge in [0.2, 0.25) is 0 Å². The molecule has 1 aromatic rings. The summed E-state index contributed by atoms with van der Waals surface area (Å²) >= 11 is 0. The van der Waals surface area contributed by atoms with Crippen LogP contribution in [0.2, 0.25) is 0 Å². The predicted molar refractivity (Wildman–Crippen MR) is 92.3 cm³/mol. The lowest BCUT2D eigenvalue weighted by atomic mass is 10.0. The zero-order valence-electron chi connectivity index (χ0n) is 15.6. The predicted octanol–water partition coefficient (Wildman–Crippen LogP) is 1.74. The van der Waals surface area contributed by atoms with Crippen LogP contribution in [0.4, 0.5) is 0 Å². The maximum Gasteiger partial charge on any atom is 0.303 e. The molecule has 2 rings (SSSR count). The molecule has 1 fully saturated rings. The first-order chi connectivity index (χ1) is 12.8. The van der Waals surface area contributed by atoms with Crippen molar-refractivity contribution in [2.75, 3.05) is 6.61 Å². The normalized spacial score (nSPS) is 24.7. The first-order valence-electron chi connectivity index (χ1n) is 8.64. The molecule has 0 unspecified atom stereocenters. The average molecular weight is 380 g/mol. The van der Waals surface area contributed by atoms with E-state index in [2.05, 4.69) is 0 Å². The van der Waals surface area contributed by atoms with Crippen molar-refractivity contribution in [3.05, 3.63) is 35.9 Å². The summed E-state index contributed by atoms with van der Waals surface area (Å²) in [7, 11) is 0. The van der Waals surface area contributed by atoms with Gasteiger partial charge in [-0.25, -0.2) is 0 Å². The molecule has 1 heterocycles. The molecule has 0 radical (unpaired) electrons. The highest BCUT2D eigenvalue weighted by molar-refractivity contribution is 5.67. The lowest BCUT2D eigenvalue weighted by Crippen LogP contribution is -2.54. The zero-order chi connectivity index (χ0) is 19.8. The molecule has 148 valence electrons. The molecule has 0 bridgehead atoms. The Kier molecular flexibility index (Phi) is 7.75. The van der Waals surface area contributed by atoms with Crippen LogP contribution in [0, 0.1) is 0 Å². The quantitative estimate of drug-likeness (QED) is 0.521. The summed E-state index contributed by atoms with van der Waals surface area (Å²) in [5.41, 5.74) is 0.948. The molecule has 1 saturated heterocycles. The molecule has 0 aromatic heterocycles. The standard InChI is InChI=1S/C19H24O8/c1-12(20)23-11-17-19(26-14(3)22)16(25-13(2)21)9-18(27-17)24-10-15-7-5-4-6-8-15/h4-8,16-19H,9-11H2,1-3H3/t16-,17-,18+,19+/m1/s1. The maximum atomic E-state index is 11.5. The molecule has 8 heteroatoms. The third-order valence-electron chi connectivity index (χ3n) is 3.83. The van der Waals surface area contributed by atoms with Gasteiger partial charge >= 0.3 is 17.9 Å². The second kappa shape index (κ2) is 10.0. The molecule has 1 aromatic carbocycles. The second-order valence-corrected chi connectivity index (χ2v) is 6.16. The van der Waals surface area contributed by atoms with E-state index in [-0.39, 0.29) is 19.6 Å². The molecular formula is C19H24O8. The molecule has 4 atom stereocenters. The fraction of sp³-hybridized carbons (Fsp3) is 0.526. The average Bonchev–Trinajstić information content (AvgIpc) is 2.60. The second-order valence-electron chi connectivity index (χ2n) is 6.16. The SMILES string of the molecule is CC(=O)OC[C@H]1O[C@H](OCc2ccccc2)C[C@@H](OC(C)=O)[C@@H]1OC(C)=O. The van der Waals surface area contributed by atoms with E-state index in [1.165, 1.54) is 20.8 Å². The van der Waals surface area contributed by atoms with Gasteiger partial charge in [0.05, 0.1) is 6.61 Å². The molecule has 1 aliphatic rings. The van der Waals surface area contributed by atoms with E-state index in [4.69, 9.17) is 23.7 Å². The van der Waals surface area contributed by atoms with Gasteiger partial charge in [0, 0.05) is 27.2 Å². The van der Waals surface area contributed by atoms with E-state index in [1.807, 2.05) is 30.3 Å². The monoisotopic (exact) mass is 380 g/mol. The van der Waals surface area contributed by atoms with Gasteiger partial charge in [0.25, 0.3) is 0 Å². The minimum atomic E-state index is -0.901. The molecule has 0 spiro atoms. The number of ether oxygens (including phenoxy) is 5. The van der Waals surface area contributed by atoms with Crippen molar-refractivity contribution in [2.24, 2.45) is 0 Å². The lowest BCUT2D eigenvalue weighted by molar-refractivity contribution is -0.269. The Morgan fingerprint density at radius 2 is 1.67 bits per heavy atom. The number of benzene rings is 1. The van der Waals surface area contributed by atoms with Gasteiger partial charge in [-0.15, -0.1) is 0 Å². The van der Waals surface area contributed by atoms with Crippen LogP contribution in [-0.2, 0) is 44.7 Å². The molecule has 0 aliphatic carbocycles. The highest BCUT2D eigenvalue weighted by Crippen LogP contribution is 2.27. The number of carbonyl (C=O) groups excluding carboxylic acids is 3. The minimum absolute atomic E-state index is 0.157. The number of carbonyl (C=O) groups is 3. The first kappa shape index (κ1) is 20.9. The van der Waals surface area contributed by atoms with Gasteiger partial charge in [-0.1, -0.05) is 30.3 Å². The highest BCUT2D eigenvalue weighted by atomic mass is 16.7. The van der Waals surface area contributed by atoms with Gasteiger partial charge in [-0.3, -0.25) is 14.4 Å². The molecule has 0 amide bonds. The molecule has 27 heavy (non-hydrogen) atoms. The minimum Gasteiger partial charge on any atom is -0.463 e. The van der Waals surface area contributed by atoms with Crippen molar-refractivity contribution in [3.63, 3.8) is 0 Å². The summed E-state index contributed by atoms with van der Waals surface area (Å²) in [5.74, 6) is -1.58.